The minimum atomic E-state index is -1.10. The summed E-state index contributed by atoms with van der Waals surface area (Å²) in [6.07, 6.45) is 1.48. The molecule has 0 saturated carbocycles. The van der Waals surface area contributed by atoms with Gasteiger partial charge in [0.25, 0.3) is 5.56 Å². The molecule has 1 heterocycles. The van der Waals surface area contributed by atoms with Gasteiger partial charge < -0.3 is 14.4 Å². The van der Waals surface area contributed by atoms with E-state index in [4.69, 9.17) is 9.84 Å². The van der Waals surface area contributed by atoms with Crippen LogP contribution in [0.5, 0.6) is 5.75 Å². The molecule has 0 aliphatic carbocycles. The summed E-state index contributed by atoms with van der Waals surface area (Å²) in [6.45, 7) is 0.392. The maximum Gasteiger partial charge on any atom is 0.335 e. The highest BCUT2D eigenvalue weighted by Crippen LogP contribution is 2.11. The topological polar surface area (TPSA) is 68.5 Å². The van der Waals surface area contributed by atoms with Crippen LogP contribution in [-0.4, -0.2) is 22.8 Å². The number of methoxy groups -OCH3 is 1. The molecule has 0 fully saturated rings. The average Bonchev–Trinajstić information content (AvgIpc) is 2.41. The number of carbonyl (C=O) groups is 1. The van der Waals surface area contributed by atoms with Crippen LogP contribution in [0.3, 0.4) is 0 Å². The van der Waals surface area contributed by atoms with Gasteiger partial charge >= 0.3 is 5.97 Å². The minimum absolute atomic E-state index is 0.00372. The Hall–Kier alpha value is -2.56. The molecule has 1 N–H and O–H groups in total. The molecule has 0 atom stereocenters. The van der Waals surface area contributed by atoms with Crippen molar-refractivity contribution >= 4 is 5.97 Å². The molecule has 5 heteroatoms. The number of nitrogens with zero attached hydrogens (tertiary/aromatic N) is 1. The summed E-state index contributed by atoms with van der Waals surface area (Å²) in [7, 11) is 1.59. The Balaban J connectivity index is 2.23. The number of ether oxygens (including phenoxy) is 1. The van der Waals surface area contributed by atoms with Gasteiger partial charge in [0, 0.05) is 12.3 Å². The van der Waals surface area contributed by atoms with Gasteiger partial charge in [0.2, 0.25) is 0 Å². The highest BCUT2D eigenvalue weighted by Gasteiger charge is 2.05. The van der Waals surface area contributed by atoms with E-state index in [1.807, 2.05) is 24.3 Å². The fourth-order valence-electron chi connectivity index (χ4n) is 1.70. The number of carboxylic acids is 1. The summed E-state index contributed by atoms with van der Waals surface area (Å²) >= 11 is 0. The molecule has 2 rings (SSSR count). The smallest absolute Gasteiger partial charge is 0.335 e. The lowest BCUT2D eigenvalue weighted by atomic mass is 10.2. The zero-order valence-corrected chi connectivity index (χ0v) is 10.4. The summed E-state index contributed by atoms with van der Waals surface area (Å²) in [5.41, 5.74) is 0.595. The molecule has 0 bridgehead atoms. The predicted octanol–water partition coefficient (Wildman–Crippen LogP) is 1.60. The Morgan fingerprint density at radius 3 is 2.47 bits per heavy atom. The van der Waals surface area contributed by atoms with E-state index >= 15 is 0 Å². The fourth-order valence-corrected chi connectivity index (χ4v) is 1.70. The molecule has 0 unspecified atom stereocenters. The van der Waals surface area contributed by atoms with Crippen molar-refractivity contribution in [2.75, 3.05) is 7.11 Å². The van der Waals surface area contributed by atoms with Gasteiger partial charge in [0.05, 0.1) is 19.2 Å². The first kappa shape index (κ1) is 12.9. The second-order valence-electron chi connectivity index (χ2n) is 4.03. The second kappa shape index (κ2) is 5.39. The van der Waals surface area contributed by atoms with Gasteiger partial charge in [0.15, 0.2) is 0 Å². The Morgan fingerprint density at radius 2 is 1.95 bits per heavy atom. The van der Waals surface area contributed by atoms with Gasteiger partial charge in [-0.05, 0) is 23.8 Å². The minimum Gasteiger partial charge on any atom is -0.497 e. The largest absolute Gasteiger partial charge is 0.497 e. The van der Waals surface area contributed by atoms with Crippen LogP contribution in [0.25, 0.3) is 0 Å². The van der Waals surface area contributed by atoms with Crippen LogP contribution in [0.2, 0.25) is 0 Å². The van der Waals surface area contributed by atoms with E-state index in [1.54, 1.807) is 7.11 Å². The summed E-state index contributed by atoms with van der Waals surface area (Å²) < 4.78 is 6.50. The Kier molecular flexibility index (Phi) is 3.66. The maximum atomic E-state index is 11.7. The van der Waals surface area contributed by atoms with E-state index in [0.717, 1.165) is 17.4 Å². The van der Waals surface area contributed by atoms with E-state index in [-0.39, 0.29) is 11.1 Å². The van der Waals surface area contributed by atoms with Gasteiger partial charge in [-0.25, -0.2) is 4.79 Å². The quantitative estimate of drug-likeness (QED) is 0.905. The average molecular weight is 259 g/mol. The van der Waals surface area contributed by atoms with Crippen LogP contribution in [-0.2, 0) is 6.54 Å². The zero-order chi connectivity index (χ0) is 13.8. The van der Waals surface area contributed by atoms with Crippen LogP contribution in [0.1, 0.15) is 15.9 Å². The van der Waals surface area contributed by atoms with Crippen LogP contribution in [0, 0.1) is 0 Å². The van der Waals surface area contributed by atoms with Gasteiger partial charge in [-0.1, -0.05) is 12.1 Å². The first-order chi connectivity index (χ1) is 9.10. The van der Waals surface area contributed by atoms with Crippen molar-refractivity contribution < 1.29 is 14.6 Å². The van der Waals surface area contributed by atoms with E-state index in [0.29, 0.717) is 6.54 Å². The molecule has 0 aliphatic rings. The van der Waals surface area contributed by atoms with Crippen molar-refractivity contribution in [3.63, 3.8) is 0 Å². The third-order valence-corrected chi connectivity index (χ3v) is 2.76. The number of carboxylic acid groups (broad SMARTS) is 1. The SMILES string of the molecule is COc1ccc(Cn2ccc(C(=O)O)cc2=O)cc1. The van der Waals surface area contributed by atoms with Gasteiger partial charge in [0.1, 0.15) is 5.75 Å². The maximum absolute atomic E-state index is 11.7. The monoisotopic (exact) mass is 259 g/mol. The van der Waals surface area contributed by atoms with E-state index in [9.17, 15) is 9.59 Å². The van der Waals surface area contributed by atoms with Crippen molar-refractivity contribution in [3.8, 4) is 5.75 Å². The van der Waals surface area contributed by atoms with Crippen LogP contribution in [0.15, 0.2) is 47.4 Å². The summed E-state index contributed by atoms with van der Waals surface area (Å²) in [5.74, 6) is -0.356. The molecular weight excluding hydrogens is 246 g/mol. The van der Waals surface area contributed by atoms with Crippen LogP contribution >= 0.6 is 0 Å². The molecule has 19 heavy (non-hydrogen) atoms. The van der Waals surface area contributed by atoms with Gasteiger partial charge in [-0.15, -0.1) is 0 Å². The molecule has 0 spiro atoms. The zero-order valence-electron chi connectivity index (χ0n) is 10.4. The summed E-state index contributed by atoms with van der Waals surface area (Å²) in [4.78, 5) is 22.5. The highest BCUT2D eigenvalue weighted by atomic mass is 16.5. The molecular formula is C14H13NO4. The molecule has 5 nitrogen and oxygen atoms in total. The third kappa shape index (κ3) is 3.01. The lowest BCUT2D eigenvalue weighted by molar-refractivity contribution is 0.0696. The van der Waals surface area contributed by atoms with E-state index in [2.05, 4.69) is 0 Å². The molecule has 0 amide bonds. The normalized spacial score (nSPS) is 10.2. The Bertz CT molecular complexity index is 643. The van der Waals surface area contributed by atoms with Crippen LogP contribution < -0.4 is 10.3 Å². The molecule has 1 aromatic carbocycles. The predicted molar refractivity (Wildman–Crippen MR) is 69.8 cm³/mol. The highest BCUT2D eigenvalue weighted by molar-refractivity contribution is 5.87. The molecule has 2 aromatic rings. The van der Waals surface area contributed by atoms with Crippen molar-refractivity contribution in [3.05, 3.63) is 64.1 Å². The number of rotatable bonds is 4. The van der Waals surface area contributed by atoms with Crippen molar-refractivity contribution in [1.82, 2.24) is 4.57 Å². The molecule has 1 aromatic heterocycles. The van der Waals surface area contributed by atoms with Crippen molar-refractivity contribution in [1.29, 1.82) is 0 Å². The molecule has 0 saturated heterocycles. The lowest BCUT2D eigenvalue weighted by Crippen LogP contribution is -2.20. The number of hydrogen-bond acceptors (Lipinski definition) is 3. The van der Waals surface area contributed by atoms with Gasteiger partial charge in [-0.2, -0.15) is 0 Å². The summed E-state index contributed by atoms with van der Waals surface area (Å²) in [6, 6.07) is 9.86. The number of aromatic carboxylic acids is 1. The van der Waals surface area contributed by atoms with E-state index in [1.165, 1.54) is 16.8 Å². The number of pyridine rings is 1. The Labute approximate surface area is 109 Å². The second-order valence-corrected chi connectivity index (χ2v) is 4.03. The summed E-state index contributed by atoms with van der Waals surface area (Å²) in [5, 5.41) is 8.79. The first-order valence-electron chi connectivity index (χ1n) is 5.67. The van der Waals surface area contributed by atoms with Crippen molar-refractivity contribution in [2.45, 2.75) is 6.54 Å². The molecule has 98 valence electrons. The van der Waals surface area contributed by atoms with E-state index < -0.39 is 5.97 Å². The number of aromatic nitrogens is 1. The number of benzene rings is 1. The molecule has 0 radical (unpaired) electrons. The fraction of sp³-hybridized carbons (Fsp3) is 0.143. The van der Waals surface area contributed by atoms with Crippen molar-refractivity contribution in [2.24, 2.45) is 0 Å². The standard InChI is InChI=1S/C14H13NO4/c1-19-12-4-2-10(3-5-12)9-15-7-6-11(14(17)18)8-13(15)16/h2-8H,9H2,1H3,(H,17,18). The van der Waals surface area contributed by atoms with Gasteiger partial charge in [-0.3, -0.25) is 4.79 Å². The van der Waals surface area contributed by atoms with Crippen LogP contribution in [0.4, 0.5) is 0 Å². The third-order valence-electron chi connectivity index (χ3n) is 2.76. The molecule has 0 aliphatic heterocycles. The number of hydrogen-bond donors (Lipinski definition) is 1. The lowest BCUT2D eigenvalue weighted by Gasteiger charge is -2.07. The first-order valence-corrected chi connectivity index (χ1v) is 5.67. The Morgan fingerprint density at radius 1 is 1.26 bits per heavy atom.